The SMILES string of the molecule is CCS(=O)(=O)c1ccc([C@H](CC#N)NC(=O)c2ccc(N3C[C@H](c4ccc(F)cc4)CC[C@H]3COC(F)F)c(F)c2)cc1. The van der Waals surface area contributed by atoms with Crippen LogP contribution in [0.5, 0.6) is 0 Å². The first kappa shape index (κ1) is 32.0. The lowest BCUT2D eigenvalue weighted by molar-refractivity contribution is -0.133. The van der Waals surface area contributed by atoms with Crippen LogP contribution < -0.4 is 10.2 Å². The highest BCUT2D eigenvalue weighted by atomic mass is 32.2. The third kappa shape index (κ3) is 7.91. The summed E-state index contributed by atoms with van der Waals surface area (Å²) in [7, 11) is -3.43. The van der Waals surface area contributed by atoms with Crippen LogP contribution in [0.25, 0.3) is 0 Å². The number of anilines is 1. The Morgan fingerprint density at radius 1 is 1.07 bits per heavy atom. The lowest BCUT2D eigenvalue weighted by Gasteiger charge is -2.41. The highest BCUT2D eigenvalue weighted by Gasteiger charge is 2.32. The van der Waals surface area contributed by atoms with Crippen molar-refractivity contribution in [3.63, 3.8) is 0 Å². The first-order chi connectivity index (χ1) is 20.5. The molecule has 3 aromatic carbocycles. The Balaban J connectivity index is 1.55. The van der Waals surface area contributed by atoms with E-state index >= 15 is 4.39 Å². The number of sulfone groups is 1. The molecule has 43 heavy (non-hydrogen) atoms. The van der Waals surface area contributed by atoms with E-state index in [9.17, 15) is 31.6 Å². The minimum absolute atomic E-state index is 0.0261. The molecule has 0 spiro atoms. The molecule has 12 heteroatoms. The third-order valence-corrected chi connectivity index (χ3v) is 9.35. The number of halogens is 4. The number of rotatable bonds is 11. The fraction of sp³-hybridized carbons (Fsp3) is 0.355. The first-order valence-electron chi connectivity index (χ1n) is 13.7. The fourth-order valence-electron chi connectivity index (χ4n) is 5.23. The van der Waals surface area contributed by atoms with E-state index < -0.39 is 46.1 Å². The van der Waals surface area contributed by atoms with E-state index in [0.717, 1.165) is 11.6 Å². The molecule has 7 nitrogen and oxygen atoms in total. The molecule has 0 aromatic heterocycles. The maximum Gasteiger partial charge on any atom is 0.345 e. The number of nitrogens with one attached hydrogen (secondary N) is 1. The van der Waals surface area contributed by atoms with Crippen LogP contribution in [0.2, 0.25) is 0 Å². The number of carbonyl (C=O) groups is 1. The van der Waals surface area contributed by atoms with Gasteiger partial charge in [0.2, 0.25) is 0 Å². The minimum atomic E-state index is -3.43. The second kappa shape index (κ2) is 14.0. The zero-order valence-electron chi connectivity index (χ0n) is 23.4. The largest absolute Gasteiger partial charge is 0.363 e. The zero-order valence-corrected chi connectivity index (χ0v) is 24.2. The molecular weight excluding hydrogens is 586 g/mol. The number of amides is 1. The van der Waals surface area contributed by atoms with E-state index in [1.165, 1.54) is 55.5 Å². The van der Waals surface area contributed by atoms with Gasteiger partial charge in [0.15, 0.2) is 9.84 Å². The molecule has 3 aromatic rings. The third-order valence-electron chi connectivity index (χ3n) is 7.60. The Kier molecular flexibility index (Phi) is 10.4. The van der Waals surface area contributed by atoms with E-state index in [2.05, 4.69) is 10.1 Å². The second-order valence-corrected chi connectivity index (χ2v) is 12.5. The van der Waals surface area contributed by atoms with Crippen molar-refractivity contribution < 1.29 is 35.5 Å². The van der Waals surface area contributed by atoms with Crippen molar-refractivity contribution in [2.75, 3.05) is 23.8 Å². The van der Waals surface area contributed by atoms with Gasteiger partial charge in [0.1, 0.15) is 11.6 Å². The van der Waals surface area contributed by atoms with Crippen LogP contribution in [-0.4, -0.2) is 45.9 Å². The minimum Gasteiger partial charge on any atom is -0.363 e. The zero-order chi connectivity index (χ0) is 31.1. The topological polar surface area (TPSA) is 99.5 Å². The molecule has 1 N–H and O–H groups in total. The molecule has 0 radical (unpaired) electrons. The van der Waals surface area contributed by atoms with Gasteiger partial charge < -0.3 is 15.0 Å². The number of benzene rings is 3. The van der Waals surface area contributed by atoms with Crippen molar-refractivity contribution in [2.45, 2.75) is 55.7 Å². The molecule has 0 saturated carbocycles. The lowest BCUT2D eigenvalue weighted by Crippen LogP contribution is -2.46. The molecule has 0 aliphatic carbocycles. The number of alkyl halides is 2. The van der Waals surface area contributed by atoms with Crippen LogP contribution >= 0.6 is 0 Å². The van der Waals surface area contributed by atoms with Gasteiger partial charge in [-0.15, -0.1) is 0 Å². The molecule has 3 atom stereocenters. The maximum atomic E-state index is 15.6. The molecule has 0 unspecified atom stereocenters. The second-order valence-electron chi connectivity index (χ2n) is 10.3. The van der Waals surface area contributed by atoms with Crippen LogP contribution in [0, 0.1) is 23.0 Å². The summed E-state index contributed by atoms with van der Waals surface area (Å²) >= 11 is 0. The highest BCUT2D eigenvalue weighted by molar-refractivity contribution is 7.91. The van der Waals surface area contributed by atoms with Gasteiger partial charge in [0, 0.05) is 18.0 Å². The molecular formula is C31H31F4N3O4S. The molecule has 1 saturated heterocycles. The molecule has 228 valence electrons. The van der Waals surface area contributed by atoms with E-state index in [-0.39, 0.29) is 47.4 Å². The summed E-state index contributed by atoms with van der Waals surface area (Å²) in [6, 6.07) is 16.3. The first-order valence-corrected chi connectivity index (χ1v) is 15.4. The van der Waals surface area contributed by atoms with E-state index in [1.807, 2.05) is 6.07 Å². The number of nitrogens with zero attached hydrogens (tertiary/aromatic N) is 2. The Hall–Kier alpha value is -3.95. The average Bonchev–Trinajstić information content (AvgIpc) is 3.00. The van der Waals surface area contributed by atoms with Gasteiger partial charge in [0.05, 0.1) is 47.5 Å². The number of piperidine rings is 1. The Morgan fingerprint density at radius 3 is 2.37 bits per heavy atom. The van der Waals surface area contributed by atoms with E-state index in [1.54, 1.807) is 17.0 Å². The number of hydrogen-bond donors (Lipinski definition) is 1. The summed E-state index contributed by atoms with van der Waals surface area (Å²) in [5.74, 6) is -1.98. The summed E-state index contributed by atoms with van der Waals surface area (Å²) in [6.07, 6.45) is 0.911. The number of carbonyl (C=O) groups excluding carboxylic acids is 1. The predicted molar refractivity (Wildman–Crippen MR) is 152 cm³/mol. The van der Waals surface area contributed by atoms with Crippen LogP contribution in [0.15, 0.2) is 71.6 Å². The number of ether oxygens (including phenoxy) is 1. The van der Waals surface area contributed by atoms with Gasteiger partial charge in [-0.25, -0.2) is 17.2 Å². The molecule has 1 aliphatic rings. The predicted octanol–water partition coefficient (Wildman–Crippen LogP) is 6.13. The number of nitriles is 1. The van der Waals surface area contributed by atoms with Crippen LogP contribution in [0.1, 0.15) is 59.6 Å². The summed E-state index contributed by atoms with van der Waals surface area (Å²) in [4.78, 5) is 14.9. The van der Waals surface area contributed by atoms with Crippen LogP contribution in [-0.2, 0) is 14.6 Å². The van der Waals surface area contributed by atoms with Gasteiger partial charge in [-0.2, -0.15) is 14.0 Å². The van der Waals surface area contributed by atoms with E-state index in [0.29, 0.717) is 18.4 Å². The standard InChI is InChI=1S/C31H31F4N3O4S/c1-2-43(40,41)26-12-6-21(7-13-26)28(15-16-36)37-30(39)22-8-14-29(27(33)17-22)38-18-23(20-3-9-24(32)10-4-20)5-11-25(38)19-42-31(34)35/h3-4,6-10,12-14,17,23,25,28,31H,2,5,11,15,18-19H2,1H3,(H,37,39)/t23-,25+,28+/m1/s1. The Bertz CT molecular complexity index is 1560. The molecule has 1 heterocycles. The molecule has 0 bridgehead atoms. The maximum absolute atomic E-state index is 15.6. The smallest absolute Gasteiger partial charge is 0.345 e. The van der Waals surface area contributed by atoms with Gasteiger partial charge in [-0.3, -0.25) is 4.79 Å². The highest BCUT2D eigenvalue weighted by Crippen LogP contribution is 2.35. The average molecular weight is 618 g/mol. The summed E-state index contributed by atoms with van der Waals surface area (Å²) < 4.78 is 83.5. The number of hydrogen-bond acceptors (Lipinski definition) is 6. The van der Waals surface area contributed by atoms with Crippen molar-refractivity contribution in [3.8, 4) is 6.07 Å². The van der Waals surface area contributed by atoms with Crippen molar-refractivity contribution in [1.82, 2.24) is 5.32 Å². The van der Waals surface area contributed by atoms with Gasteiger partial charge in [-0.05, 0) is 66.4 Å². The van der Waals surface area contributed by atoms with Crippen molar-refractivity contribution >= 4 is 21.4 Å². The van der Waals surface area contributed by atoms with Crippen molar-refractivity contribution in [3.05, 3.63) is 95.1 Å². The normalized spacial score (nSPS) is 17.8. The molecule has 1 amide bonds. The fourth-order valence-corrected chi connectivity index (χ4v) is 6.11. The van der Waals surface area contributed by atoms with E-state index in [4.69, 9.17) is 0 Å². The summed E-state index contributed by atoms with van der Waals surface area (Å²) in [6.45, 7) is -1.52. The Morgan fingerprint density at radius 2 is 1.77 bits per heavy atom. The van der Waals surface area contributed by atoms with Gasteiger partial charge in [-0.1, -0.05) is 31.2 Å². The van der Waals surface area contributed by atoms with Crippen molar-refractivity contribution in [1.29, 1.82) is 5.26 Å². The molecule has 1 aliphatic heterocycles. The monoisotopic (exact) mass is 617 g/mol. The summed E-state index contributed by atoms with van der Waals surface area (Å²) in [5.41, 5.74) is 1.42. The summed E-state index contributed by atoms with van der Waals surface area (Å²) in [5, 5.41) is 12.0. The quantitative estimate of drug-likeness (QED) is 0.260. The Labute approximate surface area is 248 Å². The van der Waals surface area contributed by atoms with Crippen LogP contribution in [0.3, 0.4) is 0 Å². The molecule has 4 rings (SSSR count). The molecule has 1 fully saturated rings. The van der Waals surface area contributed by atoms with Gasteiger partial charge in [0.25, 0.3) is 5.91 Å². The van der Waals surface area contributed by atoms with Crippen molar-refractivity contribution in [2.24, 2.45) is 0 Å². The van der Waals surface area contributed by atoms with Gasteiger partial charge >= 0.3 is 6.61 Å². The van der Waals surface area contributed by atoms with Crippen LogP contribution in [0.4, 0.5) is 23.2 Å². The lowest BCUT2D eigenvalue weighted by atomic mass is 9.87.